The van der Waals surface area contributed by atoms with Crippen LogP contribution in [-0.2, 0) is 6.42 Å². The molecule has 168 valence electrons. The average molecular weight is 489 g/mol. The highest BCUT2D eigenvalue weighted by Gasteiger charge is 2.26. The van der Waals surface area contributed by atoms with Gasteiger partial charge in [-0.3, -0.25) is 4.79 Å². The highest BCUT2D eigenvalue weighted by atomic mass is 35.5. The van der Waals surface area contributed by atoms with Gasteiger partial charge in [0, 0.05) is 59.8 Å². The van der Waals surface area contributed by atoms with E-state index in [0.717, 1.165) is 46.4 Å². The van der Waals surface area contributed by atoms with Gasteiger partial charge < -0.3 is 9.80 Å². The number of piperazine rings is 1. The Labute approximate surface area is 203 Å². The molecule has 1 amide bonds. The average Bonchev–Trinajstić information content (AvgIpc) is 3.31. The first-order valence-corrected chi connectivity index (χ1v) is 12.4. The molecule has 3 aromatic rings. The minimum Gasteiger partial charge on any atom is -0.353 e. The van der Waals surface area contributed by atoms with Gasteiger partial charge in [0.05, 0.1) is 4.88 Å². The summed E-state index contributed by atoms with van der Waals surface area (Å²) in [6.07, 6.45) is 0.629. The van der Waals surface area contributed by atoms with E-state index >= 15 is 0 Å². The van der Waals surface area contributed by atoms with Gasteiger partial charge in [-0.05, 0) is 36.1 Å². The number of anilines is 1. The fraction of sp³-hybridized carbons (Fsp3) is 0.375. The summed E-state index contributed by atoms with van der Waals surface area (Å²) in [5.74, 6) is 2.10. The number of carbonyl (C=O) groups is 1. The van der Waals surface area contributed by atoms with Crippen molar-refractivity contribution in [3.63, 3.8) is 0 Å². The van der Waals surface area contributed by atoms with Crippen molar-refractivity contribution in [3.8, 4) is 0 Å². The molecule has 0 unspecified atom stereocenters. The summed E-state index contributed by atoms with van der Waals surface area (Å²) in [5, 5.41) is 3.20. The third kappa shape index (κ3) is 4.92. The van der Waals surface area contributed by atoms with Crippen molar-refractivity contribution >= 4 is 46.3 Å². The molecule has 5 nitrogen and oxygen atoms in total. The number of aryl methyl sites for hydroxylation is 1. The van der Waals surface area contributed by atoms with Crippen LogP contribution in [0.3, 0.4) is 0 Å². The van der Waals surface area contributed by atoms with Crippen LogP contribution in [0.4, 0.5) is 5.82 Å². The lowest BCUT2D eigenvalue weighted by Gasteiger charge is -2.36. The first-order valence-electron chi connectivity index (χ1n) is 10.7. The van der Waals surface area contributed by atoms with E-state index < -0.39 is 0 Å². The zero-order chi connectivity index (χ0) is 22.8. The zero-order valence-electron chi connectivity index (χ0n) is 18.4. The van der Waals surface area contributed by atoms with E-state index in [1.165, 1.54) is 11.3 Å². The minimum absolute atomic E-state index is 0.106. The van der Waals surface area contributed by atoms with Crippen LogP contribution in [0.15, 0.2) is 35.7 Å². The SMILES string of the molecule is Cc1nc(C(C)C)nc(N2CCN(C(=O)c3cccs3)CC2)c1Cc1ccc(Cl)cc1Cl. The van der Waals surface area contributed by atoms with Crippen LogP contribution in [-0.4, -0.2) is 47.0 Å². The molecular weight excluding hydrogens is 463 g/mol. The Bertz CT molecular complexity index is 1110. The predicted octanol–water partition coefficient (Wildman–Crippen LogP) is 5.83. The Hall–Kier alpha value is -2.15. The third-order valence-electron chi connectivity index (χ3n) is 5.71. The van der Waals surface area contributed by atoms with Gasteiger partial charge in [0.1, 0.15) is 11.6 Å². The highest BCUT2D eigenvalue weighted by molar-refractivity contribution is 7.12. The third-order valence-corrected chi connectivity index (χ3v) is 7.15. The summed E-state index contributed by atoms with van der Waals surface area (Å²) in [6.45, 7) is 9.03. The van der Waals surface area contributed by atoms with Crippen molar-refractivity contribution in [1.82, 2.24) is 14.9 Å². The molecule has 1 aliphatic heterocycles. The molecule has 1 aromatic carbocycles. The number of amides is 1. The molecule has 1 aliphatic rings. The maximum absolute atomic E-state index is 12.7. The van der Waals surface area contributed by atoms with Crippen LogP contribution in [0, 0.1) is 6.92 Å². The Morgan fingerprint density at radius 2 is 1.88 bits per heavy atom. The van der Waals surface area contributed by atoms with Gasteiger partial charge in [0.15, 0.2) is 0 Å². The Morgan fingerprint density at radius 1 is 1.12 bits per heavy atom. The Kier molecular flexibility index (Phi) is 7.03. The summed E-state index contributed by atoms with van der Waals surface area (Å²) < 4.78 is 0. The van der Waals surface area contributed by atoms with Crippen molar-refractivity contribution in [2.24, 2.45) is 0 Å². The molecule has 0 N–H and O–H groups in total. The molecule has 3 heterocycles. The summed E-state index contributed by atoms with van der Waals surface area (Å²) in [5.41, 5.74) is 3.02. The van der Waals surface area contributed by atoms with Gasteiger partial charge in [-0.15, -0.1) is 11.3 Å². The molecule has 1 saturated heterocycles. The quantitative estimate of drug-likeness (QED) is 0.453. The summed E-state index contributed by atoms with van der Waals surface area (Å²) >= 11 is 14.0. The van der Waals surface area contributed by atoms with E-state index in [-0.39, 0.29) is 11.8 Å². The molecule has 8 heteroatoms. The second-order valence-corrected chi connectivity index (χ2v) is 10.1. The minimum atomic E-state index is 0.106. The van der Waals surface area contributed by atoms with Crippen LogP contribution in [0.1, 0.15) is 52.1 Å². The lowest BCUT2D eigenvalue weighted by molar-refractivity contribution is 0.0751. The lowest BCUT2D eigenvalue weighted by Crippen LogP contribution is -2.49. The van der Waals surface area contributed by atoms with E-state index in [0.29, 0.717) is 29.6 Å². The molecule has 0 bridgehead atoms. The molecule has 2 aromatic heterocycles. The molecule has 0 saturated carbocycles. The van der Waals surface area contributed by atoms with Gasteiger partial charge in [-0.25, -0.2) is 9.97 Å². The Morgan fingerprint density at radius 3 is 2.50 bits per heavy atom. The molecule has 0 radical (unpaired) electrons. The monoisotopic (exact) mass is 488 g/mol. The normalized spacial score (nSPS) is 14.3. The maximum Gasteiger partial charge on any atom is 0.264 e. The molecule has 0 atom stereocenters. The van der Waals surface area contributed by atoms with Crippen molar-refractivity contribution in [2.45, 2.75) is 33.1 Å². The van der Waals surface area contributed by atoms with E-state index in [9.17, 15) is 4.79 Å². The van der Waals surface area contributed by atoms with Crippen LogP contribution >= 0.6 is 34.5 Å². The number of benzene rings is 1. The van der Waals surface area contributed by atoms with Gasteiger partial charge in [-0.2, -0.15) is 0 Å². The topological polar surface area (TPSA) is 49.3 Å². The van der Waals surface area contributed by atoms with Crippen LogP contribution in [0.5, 0.6) is 0 Å². The second-order valence-electron chi connectivity index (χ2n) is 8.29. The number of aromatic nitrogens is 2. The zero-order valence-corrected chi connectivity index (χ0v) is 20.8. The van der Waals surface area contributed by atoms with Crippen LogP contribution in [0.25, 0.3) is 0 Å². The summed E-state index contributed by atoms with van der Waals surface area (Å²) in [6, 6.07) is 9.39. The van der Waals surface area contributed by atoms with E-state index in [1.807, 2.05) is 41.5 Å². The van der Waals surface area contributed by atoms with Crippen molar-refractivity contribution in [1.29, 1.82) is 0 Å². The second kappa shape index (κ2) is 9.77. The smallest absolute Gasteiger partial charge is 0.264 e. The van der Waals surface area contributed by atoms with Gasteiger partial charge in [0.2, 0.25) is 0 Å². The van der Waals surface area contributed by atoms with Crippen LogP contribution < -0.4 is 4.90 Å². The van der Waals surface area contributed by atoms with Crippen molar-refractivity contribution < 1.29 is 4.79 Å². The molecule has 0 aliphatic carbocycles. The number of hydrogen-bond acceptors (Lipinski definition) is 5. The van der Waals surface area contributed by atoms with Crippen molar-refractivity contribution in [3.05, 3.63) is 73.3 Å². The lowest BCUT2D eigenvalue weighted by atomic mass is 10.0. The standard InChI is InChI=1S/C24H26Cl2N4OS/c1-15(2)22-27-16(3)19(13-17-6-7-18(25)14-20(17)26)23(28-22)29-8-10-30(11-9-29)24(31)21-5-4-12-32-21/h4-7,12,14-15H,8-11,13H2,1-3H3. The molecule has 0 spiro atoms. The number of thiophene rings is 1. The molecular formula is C24H26Cl2N4OS. The number of hydrogen-bond donors (Lipinski definition) is 0. The summed E-state index contributed by atoms with van der Waals surface area (Å²) in [4.78, 5) is 27.5. The fourth-order valence-corrected chi connectivity index (χ4v) is 5.03. The Balaban J connectivity index is 1.61. The van der Waals surface area contributed by atoms with E-state index in [2.05, 4.69) is 18.7 Å². The van der Waals surface area contributed by atoms with E-state index in [1.54, 1.807) is 6.07 Å². The first kappa shape index (κ1) is 23.0. The highest BCUT2D eigenvalue weighted by Crippen LogP contribution is 2.30. The van der Waals surface area contributed by atoms with Gasteiger partial charge in [0.25, 0.3) is 5.91 Å². The van der Waals surface area contributed by atoms with E-state index in [4.69, 9.17) is 33.2 Å². The largest absolute Gasteiger partial charge is 0.353 e. The maximum atomic E-state index is 12.7. The fourth-order valence-electron chi connectivity index (χ4n) is 3.86. The number of rotatable bonds is 5. The molecule has 4 rings (SSSR count). The predicted molar refractivity (Wildman–Crippen MR) is 133 cm³/mol. The number of nitrogens with zero attached hydrogens (tertiary/aromatic N) is 4. The summed E-state index contributed by atoms with van der Waals surface area (Å²) in [7, 11) is 0. The molecule has 32 heavy (non-hydrogen) atoms. The van der Waals surface area contributed by atoms with Crippen molar-refractivity contribution in [2.75, 3.05) is 31.1 Å². The molecule has 1 fully saturated rings. The number of carbonyl (C=O) groups excluding carboxylic acids is 1. The van der Waals surface area contributed by atoms with Gasteiger partial charge >= 0.3 is 0 Å². The van der Waals surface area contributed by atoms with Crippen LogP contribution in [0.2, 0.25) is 10.0 Å². The van der Waals surface area contributed by atoms with Gasteiger partial charge in [-0.1, -0.05) is 49.2 Å². The number of halogens is 2. The first-order chi connectivity index (χ1) is 15.3.